The van der Waals surface area contributed by atoms with Crippen LogP contribution in [0.25, 0.3) is 0 Å². The summed E-state index contributed by atoms with van der Waals surface area (Å²) >= 11 is 12.5. The standard InChI is InChI=1S/C24H20Cl2N2O4/c1-4-32-22-18(25)10-16(11-19(22)26)21(29)20-13(2)17(12-27)23(30)28(24(20)31)14(3)15-8-6-5-7-9-15/h5-11,14,31H,4H2,1-3H3. The van der Waals surface area contributed by atoms with Crippen LogP contribution in [0.4, 0.5) is 0 Å². The molecule has 0 amide bonds. The van der Waals surface area contributed by atoms with Crippen molar-refractivity contribution in [3.8, 4) is 17.7 Å². The molecular formula is C24H20Cl2N2O4. The van der Waals surface area contributed by atoms with Crippen LogP contribution in [0.2, 0.25) is 10.0 Å². The van der Waals surface area contributed by atoms with E-state index in [0.29, 0.717) is 6.61 Å². The van der Waals surface area contributed by atoms with Gasteiger partial charge in [0.1, 0.15) is 11.6 Å². The fraction of sp³-hybridized carbons (Fsp3) is 0.208. The van der Waals surface area contributed by atoms with Crippen LogP contribution in [-0.4, -0.2) is 22.1 Å². The molecule has 1 unspecified atom stereocenters. The predicted octanol–water partition coefficient (Wildman–Crippen LogP) is 5.28. The van der Waals surface area contributed by atoms with Crippen LogP contribution in [0.15, 0.2) is 47.3 Å². The van der Waals surface area contributed by atoms with Gasteiger partial charge in [0, 0.05) is 5.56 Å². The fourth-order valence-electron chi connectivity index (χ4n) is 3.55. The number of ether oxygens (including phenoxy) is 1. The summed E-state index contributed by atoms with van der Waals surface area (Å²) in [6.07, 6.45) is 0. The molecule has 32 heavy (non-hydrogen) atoms. The summed E-state index contributed by atoms with van der Waals surface area (Å²) in [6.45, 7) is 5.25. The first-order chi connectivity index (χ1) is 15.2. The summed E-state index contributed by atoms with van der Waals surface area (Å²) in [5.41, 5.74) is -0.181. The second-order valence-corrected chi connectivity index (χ2v) is 7.92. The van der Waals surface area contributed by atoms with Crippen LogP contribution in [-0.2, 0) is 0 Å². The summed E-state index contributed by atoms with van der Waals surface area (Å²) in [6, 6.07) is 13.0. The first-order valence-corrected chi connectivity index (χ1v) is 10.6. The number of nitriles is 1. The summed E-state index contributed by atoms with van der Waals surface area (Å²) in [5.74, 6) is -0.917. The molecule has 2 aromatic carbocycles. The molecule has 0 aliphatic heterocycles. The summed E-state index contributed by atoms with van der Waals surface area (Å²) in [5, 5.41) is 20.9. The van der Waals surface area contributed by atoms with Crippen molar-refractivity contribution < 1.29 is 14.6 Å². The van der Waals surface area contributed by atoms with Gasteiger partial charge in [0.25, 0.3) is 5.56 Å². The third-order valence-corrected chi connectivity index (χ3v) is 5.75. The lowest BCUT2D eigenvalue weighted by Crippen LogP contribution is -2.29. The van der Waals surface area contributed by atoms with Crippen molar-refractivity contribution in [1.82, 2.24) is 4.57 Å². The van der Waals surface area contributed by atoms with Crippen LogP contribution >= 0.6 is 23.2 Å². The zero-order chi connectivity index (χ0) is 23.6. The number of hydrogen-bond donors (Lipinski definition) is 1. The molecule has 164 valence electrons. The SMILES string of the molecule is CCOc1c(Cl)cc(C(=O)c2c(C)c(C#N)c(=O)n(C(C)c3ccccc3)c2O)cc1Cl. The van der Waals surface area contributed by atoms with E-state index in [2.05, 4.69) is 0 Å². The van der Waals surface area contributed by atoms with Gasteiger partial charge in [0.2, 0.25) is 5.88 Å². The zero-order valence-corrected chi connectivity index (χ0v) is 19.2. The molecule has 0 fully saturated rings. The summed E-state index contributed by atoms with van der Waals surface area (Å²) in [7, 11) is 0. The Labute approximate surface area is 195 Å². The molecule has 0 aliphatic rings. The lowest BCUT2D eigenvalue weighted by Gasteiger charge is -2.21. The Morgan fingerprint density at radius 3 is 2.34 bits per heavy atom. The van der Waals surface area contributed by atoms with Crippen LogP contribution in [0.3, 0.4) is 0 Å². The molecule has 0 radical (unpaired) electrons. The number of nitrogens with zero attached hydrogens (tertiary/aromatic N) is 2. The van der Waals surface area contributed by atoms with Gasteiger partial charge in [-0.1, -0.05) is 53.5 Å². The minimum atomic E-state index is -0.682. The predicted molar refractivity (Wildman–Crippen MR) is 123 cm³/mol. The number of halogens is 2. The zero-order valence-electron chi connectivity index (χ0n) is 17.6. The van der Waals surface area contributed by atoms with Gasteiger partial charge in [-0.2, -0.15) is 5.26 Å². The lowest BCUT2D eigenvalue weighted by molar-refractivity contribution is 0.103. The molecule has 0 aliphatic carbocycles. The Kier molecular flexibility index (Phi) is 6.93. The number of hydrogen-bond acceptors (Lipinski definition) is 5. The number of aromatic hydroxyl groups is 1. The highest BCUT2D eigenvalue weighted by Gasteiger charge is 2.28. The van der Waals surface area contributed by atoms with Gasteiger partial charge in [-0.05, 0) is 44.0 Å². The number of ketones is 1. The lowest BCUT2D eigenvalue weighted by atomic mass is 9.96. The van der Waals surface area contributed by atoms with Crippen LogP contribution in [0, 0.1) is 18.3 Å². The number of aromatic nitrogens is 1. The van der Waals surface area contributed by atoms with Crippen molar-refractivity contribution in [1.29, 1.82) is 5.26 Å². The van der Waals surface area contributed by atoms with Crippen LogP contribution in [0.5, 0.6) is 11.6 Å². The quantitative estimate of drug-likeness (QED) is 0.494. The molecule has 0 bridgehead atoms. The highest BCUT2D eigenvalue weighted by Crippen LogP contribution is 2.36. The van der Waals surface area contributed by atoms with E-state index in [1.165, 1.54) is 19.1 Å². The third-order valence-electron chi connectivity index (χ3n) is 5.19. The molecule has 1 N–H and O–H groups in total. The smallest absolute Gasteiger partial charge is 0.272 e. The van der Waals surface area contributed by atoms with Gasteiger partial charge >= 0.3 is 0 Å². The number of rotatable bonds is 6. The number of carbonyl (C=O) groups is 1. The molecule has 8 heteroatoms. The number of carbonyl (C=O) groups excluding carboxylic acids is 1. The monoisotopic (exact) mass is 470 g/mol. The maximum Gasteiger partial charge on any atom is 0.272 e. The van der Waals surface area contributed by atoms with Gasteiger partial charge in [-0.15, -0.1) is 0 Å². The average Bonchev–Trinajstić information content (AvgIpc) is 2.76. The van der Waals surface area contributed by atoms with Crippen LogP contribution in [0.1, 0.15) is 52.5 Å². The van der Waals surface area contributed by atoms with E-state index in [4.69, 9.17) is 27.9 Å². The molecule has 0 spiro atoms. The van der Waals surface area contributed by atoms with Gasteiger partial charge < -0.3 is 9.84 Å². The van der Waals surface area contributed by atoms with Crippen molar-refractivity contribution >= 4 is 29.0 Å². The van der Waals surface area contributed by atoms with E-state index in [-0.39, 0.29) is 38.0 Å². The van der Waals surface area contributed by atoms with Gasteiger partial charge in [-0.3, -0.25) is 14.2 Å². The first-order valence-electron chi connectivity index (χ1n) is 9.82. The van der Waals surface area contributed by atoms with E-state index >= 15 is 0 Å². The molecule has 0 saturated heterocycles. The van der Waals surface area contributed by atoms with Crippen molar-refractivity contribution in [2.45, 2.75) is 26.8 Å². The molecule has 1 atom stereocenters. The van der Waals surface area contributed by atoms with E-state index in [1.54, 1.807) is 38.1 Å². The second-order valence-electron chi connectivity index (χ2n) is 7.10. The molecule has 1 heterocycles. The largest absolute Gasteiger partial charge is 0.494 e. The average molecular weight is 471 g/mol. The summed E-state index contributed by atoms with van der Waals surface area (Å²) < 4.78 is 6.44. The number of benzene rings is 2. The Morgan fingerprint density at radius 1 is 1.22 bits per heavy atom. The minimum Gasteiger partial charge on any atom is -0.494 e. The molecule has 0 saturated carbocycles. The molecule has 3 rings (SSSR count). The topological polar surface area (TPSA) is 92.3 Å². The summed E-state index contributed by atoms with van der Waals surface area (Å²) in [4.78, 5) is 26.4. The third kappa shape index (κ3) is 4.10. The van der Waals surface area contributed by atoms with E-state index in [0.717, 1.165) is 10.1 Å². The Morgan fingerprint density at radius 2 is 1.81 bits per heavy atom. The van der Waals surface area contributed by atoms with E-state index in [9.17, 15) is 20.0 Å². The Hall–Kier alpha value is -3.27. The molecule has 1 aromatic heterocycles. The fourth-order valence-corrected chi connectivity index (χ4v) is 4.15. The van der Waals surface area contributed by atoms with Gasteiger partial charge in [0.05, 0.1) is 28.3 Å². The first kappa shape index (κ1) is 23.4. The minimum absolute atomic E-state index is 0.0811. The Balaban J connectivity index is 2.25. The van der Waals surface area contributed by atoms with Crippen molar-refractivity contribution in [2.75, 3.05) is 6.61 Å². The normalized spacial score (nSPS) is 11.6. The van der Waals surface area contributed by atoms with Crippen molar-refractivity contribution in [2.24, 2.45) is 0 Å². The van der Waals surface area contributed by atoms with Crippen LogP contribution < -0.4 is 10.3 Å². The van der Waals surface area contributed by atoms with E-state index in [1.807, 2.05) is 12.1 Å². The van der Waals surface area contributed by atoms with Gasteiger partial charge in [0.15, 0.2) is 11.5 Å². The van der Waals surface area contributed by atoms with Gasteiger partial charge in [-0.25, -0.2) is 0 Å². The second kappa shape index (κ2) is 9.47. The maximum atomic E-state index is 13.4. The molecule has 3 aromatic rings. The van der Waals surface area contributed by atoms with E-state index < -0.39 is 23.3 Å². The highest BCUT2D eigenvalue weighted by molar-refractivity contribution is 6.38. The number of pyridine rings is 1. The maximum absolute atomic E-state index is 13.4. The molecule has 6 nitrogen and oxygen atoms in total. The molecular weight excluding hydrogens is 451 g/mol. The van der Waals surface area contributed by atoms with Crippen molar-refractivity contribution in [3.05, 3.63) is 90.7 Å². The van der Waals surface area contributed by atoms with Crippen molar-refractivity contribution in [3.63, 3.8) is 0 Å². The Bertz CT molecular complexity index is 1270. The highest BCUT2D eigenvalue weighted by atomic mass is 35.5.